The summed E-state index contributed by atoms with van der Waals surface area (Å²) in [6, 6.07) is 10.8. The van der Waals surface area contributed by atoms with Gasteiger partial charge in [0.2, 0.25) is 0 Å². The van der Waals surface area contributed by atoms with Crippen molar-refractivity contribution in [2.24, 2.45) is 0 Å². The molecule has 160 valence electrons. The molecule has 0 radical (unpaired) electrons. The Kier molecular flexibility index (Phi) is 5.71. The molecule has 1 aromatic carbocycles. The van der Waals surface area contributed by atoms with Gasteiger partial charge in [0.05, 0.1) is 7.11 Å². The van der Waals surface area contributed by atoms with Crippen LogP contribution in [0.5, 0.6) is 5.75 Å². The first-order chi connectivity index (χ1) is 15.5. The first kappa shape index (κ1) is 20.9. The van der Waals surface area contributed by atoms with Gasteiger partial charge in [0.25, 0.3) is 5.91 Å². The van der Waals surface area contributed by atoms with E-state index in [9.17, 15) is 19.1 Å². The highest BCUT2D eigenvalue weighted by molar-refractivity contribution is 6.10. The van der Waals surface area contributed by atoms with Gasteiger partial charge in [-0.1, -0.05) is 12.1 Å². The predicted molar refractivity (Wildman–Crippen MR) is 114 cm³/mol. The van der Waals surface area contributed by atoms with Gasteiger partial charge in [-0.2, -0.15) is 0 Å². The Morgan fingerprint density at radius 3 is 2.50 bits per heavy atom. The average Bonchev–Trinajstić information content (AvgIpc) is 2.82. The number of methoxy groups -OCH3 is 1. The number of anilines is 1. The summed E-state index contributed by atoms with van der Waals surface area (Å²) in [6.07, 6.45) is 4.90. The number of aromatic hydroxyl groups is 1. The van der Waals surface area contributed by atoms with Gasteiger partial charge in [-0.3, -0.25) is 14.8 Å². The second-order valence-corrected chi connectivity index (χ2v) is 6.88. The van der Waals surface area contributed by atoms with Crippen molar-refractivity contribution in [3.63, 3.8) is 0 Å². The maximum absolute atomic E-state index is 13.2. The van der Waals surface area contributed by atoms with Crippen molar-refractivity contribution >= 4 is 28.6 Å². The average molecular weight is 432 g/mol. The van der Waals surface area contributed by atoms with Gasteiger partial charge >= 0.3 is 5.97 Å². The number of halogens is 1. The zero-order chi connectivity index (χ0) is 22.7. The highest BCUT2D eigenvalue weighted by Gasteiger charge is 2.22. The lowest BCUT2D eigenvalue weighted by atomic mass is 10.0. The minimum Gasteiger partial charge on any atom is -0.504 e. The van der Waals surface area contributed by atoms with Crippen LogP contribution in [-0.2, 0) is 11.2 Å². The third-order valence-electron chi connectivity index (χ3n) is 4.75. The van der Waals surface area contributed by atoms with Crippen molar-refractivity contribution in [1.29, 1.82) is 0 Å². The maximum atomic E-state index is 13.2. The van der Waals surface area contributed by atoms with E-state index in [0.717, 1.165) is 18.2 Å². The van der Waals surface area contributed by atoms with Crippen LogP contribution in [0.3, 0.4) is 0 Å². The quantitative estimate of drug-likeness (QED) is 0.464. The van der Waals surface area contributed by atoms with E-state index in [1.54, 1.807) is 18.2 Å². The molecule has 0 aliphatic carbocycles. The van der Waals surface area contributed by atoms with E-state index in [4.69, 9.17) is 0 Å². The second-order valence-electron chi connectivity index (χ2n) is 6.88. The number of aromatic nitrogens is 3. The number of carbonyl (C=O) groups excluding carboxylic acids is 2. The van der Waals surface area contributed by atoms with Crippen LogP contribution in [0, 0.1) is 5.82 Å². The zero-order valence-corrected chi connectivity index (χ0v) is 16.9. The van der Waals surface area contributed by atoms with Gasteiger partial charge in [0.15, 0.2) is 11.4 Å². The SMILES string of the molecule is COC(=O)c1nc(NC(=O)c2ccncc2)c2cc(Cc3ccc(F)cc3)cnc2c1O. The smallest absolute Gasteiger partial charge is 0.360 e. The molecular formula is C23H17FN4O4. The van der Waals surface area contributed by atoms with Crippen LogP contribution >= 0.6 is 0 Å². The first-order valence-electron chi connectivity index (χ1n) is 9.52. The summed E-state index contributed by atoms with van der Waals surface area (Å²) in [7, 11) is 1.15. The third-order valence-corrected chi connectivity index (χ3v) is 4.75. The zero-order valence-electron chi connectivity index (χ0n) is 16.9. The number of fused-ring (bicyclic) bond motifs is 1. The predicted octanol–water partition coefficient (Wildman–Crippen LogP) is 3.50. The molecule has 9 heteroatoms. The van der Waals surface area contributed by atoms with E-state index in [1.165, 1.54) is 42.9 Å². The Hall–Kier alpha value is -4.40. The lowest BCUT2D eigenvalue weighted by Gasteiger charge is -2.13. The molecule has 4 rings (SSSR count). The highest BCUT2D eigenvalue weighted by Crippen LogP contribution is 2.32. The Morgan fingerprint density at radius 2 is 1.81 bits per heavy atom. The second kappa shape index (κ2) is 8.76. The molecule has 0 aliphatic rings. The Balaban J connectivity index is 1.80. The molecule has 0 unspecified atom stereocenters. The maximum Gasteiger partial charge on any atom is 0.360 e. The molecule has 0 saturated heterocycles. The fourth-order valence-electron chi connectivity index (χ4n) is 3.17. The molecule has 3 heterocycles. The van der Waals surface area contributed by atoms with Gasteiger partial charge in [-0.25, -0.2) is 14.2 Å². The van der Waals surface area contributed by atoms with Crippen LogP contribution in [0.25, 0.3) is 10.9 Å². The lowest BCUT2D eigenvalue weighted by molar-refractivity contribution is 0.0590. The number of carbonyl (C=O) groups is 2. The number of nitrogens with one attached hydrogen (secondary N) is 1. The Bertz CT molecular complexity index is 1310. The summed E-state index contributed by atoms with van der Waals surface area (Å²) in [6.45, 7) is 0. The van der Waals surface area contributed by atoms with Crippen LogP contribution < -0.4 is 5.32 Å². The van der Waals surface area contributed by atoms with Gasteiger partial charge < -0.3 is 15.2 Å². The monoisotopic (exact) mass is 432 g/mol. The molecule has 0 saturated carbocycles. The van der Waals surface area contributed by atoms with E-state index in [2.05, 4.69) is 25.0 Å². The first-order valence-corrected chi connectivity index (χ1v) is 9.52. The molecule has 32 heavy (non-hydrogen) atoms. The standard InChI is InChI=1S/C23H17FN4O4/c1-32-23(31)19-20(29)18-17(21(27-19)28-22(30)15-6-8-25-9-7-15)11-14(12-26-18)10-13-2-4-16(24)5-3-13/h2-9,11-12,29H,10H2,1H3,(H,27,28,30). The van der Waals surface area contributed by atoms with Crippen LogP contribution in [0.2, 0.25) is 0 Å². The summed E-state index contributed by atoms with van der Waals surface area (Å²) in [5.74, 6) is -2.11. The normalized spacial score (nSPS) is 10.7. The minimum atomic E-state index is -0.874. The summed E-state index contributed by atoms with van der Waals surface area (Å²) in [4.78, 5) is 37.1. The van der Waals surface area contributed by atoms with Crippen molar-refractivity contribution in [2.75, 3.05) is 12.4 Å². The summed E-state index contributed by atoms with van der Waals surface area (Å²) < 4.78 is 17.9. The molecule has 0 aliphatic heterocycles. The van der Waals surface area contributed by atoms with E-state index < -0.39 is 17.6 Å². The Morgan fingerprint density at radius 1 is 1.09 bits per heavy atom. The lowest BCUT2D eigenvalue weighted by Crippen LogP contribution is -2.15. The van der Waals surface area contributed by atoms with Crippen molar-refractivity contribution in [3.8, 4) is 5.75 Å². The van der Waals surface area contributed by atoms with Gasteiger partial charge in [0, 0.05) is 29.5 Å². The number of amides is 1. The van der Waals surface area contributed by atoms with Crippen LogP contribution in [0.1, 0.15) is 32.0 Å². The van der Waals surface area contributed by atoms with Crippen LogP contribution in [0.4, 0.5) is 10.2 Å². The molecular weight excluding hydrogens is 415 g/mol. The topological polar surface area (TPSA) is 114 Å². The number of rotatable bonds is 5. The molecule has 8 nitrogen and oxygen atoms in total. The number of pyridine rings is 3. The van der Waals surface area contributed by atoms with Gasteiger partial charge in [-0.15, -0.1) is 0 Å². The number of nitrogens with zero attached hydrogens (tertiary/aromatic N) is 3. The van der Waals surface area contributed by atoms with Crippen molar-refractivity contribution in [1.82, 2.24) is 15.0 Å². The van der Waals surface area contributed by atoms with Gasteiger partial charge in [0.1, 0.15) is 17.2 Å². The molecule has 0 bridgehead atoms. The third kappa shape index (κ3) is 4.22. The minimum absolute atomic E-state index is 0.0356. The van der Waals surface area contributed by atoms with E-state index in [1.807, 2.05) is 0 Å². The molecule has 2 N–H and O–H groups in total. The molecule has 0 atom stereocenters. The van der Waals surface area contributed by atoms with Crippen molar-refractivity contribution in [2.45, 2.75) is 6.42 Å². The summed E-state index contributed by atoms with van der Waals surface area (Å²) >= 11 is 0. The fraction of sp³-hybridized carbons (Fsp3) is 0.0870. The van der Waals surface area contributed by atoms with E-state index in [0.29, 0.717) is 17.4 Å². The largest absolute Gasteiger partial charge is 0.504 e. The van der Waals surface area contributed by atoms with Crippen LogP contribution in [0.15, 0.2) is 61.1 Å². The van der Waals surface area contributed by atoms with E-state index >= 15 is 0 Å². The van der Waals surface area contributed by atoms with Crippen molar-refractivity contribution < 1.29 is 23.8 Å². The number of benzene rings is 1. The molecule has 4 aromatic rings. The molecule has 3 aromatic heterocycles. The molecule has 0 fully saturated rings. The number of esters is 1. The molecule has 0 spiro atoms. The number of hydrogen-bond donors (Lipinski definition) is 2. The van der Waals surface area contributed by atoms with Gasteiger partial charge in [-0.05, 0) is 47.9 Å². The van der Waals surface area contributed by atoms with E-state index in [-0.39, 0.29) is 22.8 Å². The number of hydrogen-bond acceptors (Lipinski definition) is 7. The highest BCUT2D eigenvalue weighted by atomic mass is 19.1. The van der Waals surface area contributed by atoms with Crippen LogP contribution in [-0.4, -0.2) is 39.0 Å². The molecule has 1 amide bonds. The fourth-order valence-corrected chi connectivity index (χ4v) is 3.17. The van der Waals surface area contributed by atoms with Crippen molar-refractivity contribution in [3.05, 3.63) is 89.3 Å². The summed E-state index contributed by atoms with van der Waals surface area (Å²) in [5.41, 5.74) is 1.61. The Labute approximate surface area is 181 Å². The summed E-state index contributed by atoms with van der Waals surface area (Å²) in [5, 5.41) is 13.5. The number of ether oxygens (including phenoxy) is 1.